The van der Waals surface area contributed by atoms with Gasteiger partial charge in [0.25, 0.3) is 0 Å². The summed E-state index contributed by atoms with van der Waals surface area (Å²) < 4.78 is 26.2. The molecule has 0 aromatic heterocycles. The van der Waals surface area contributed by atoms with Crippen LogP contribution in [-0.4, -0.2) is 24.0 Å². The Kier molecular flexibility index (Phi) is 3.51. The van der Waals surface area contributed by atoms with E-state index in [1.165, 1.54) is 24.3 Å². The lowest BCUT2D eigenvalue weighted by molar-refractivity contribution is 0.114. The molecule has 1 fully saturated rings. The Morgan fingerprint density at radius 2 is 1.25 bits per heavy atom. The largest absolute Gasteiger partial charge is 0.325 e. The number of hydrogen-bond donors (Lipinski definition) is 1. The van der Waals surface area contributed by atoms with Crippen molar-refractivity contribution < 1.29 is 8.78 Å². The second-order valence-corrected chi connectivity index (χ2v) is 5.22. The van der Waals surface area contributed by atoms with Gasteiger partial charge < -0.3 is 5.73 Å². The van der Waals surface area contributed by atoms with Gasteiger partial charge in [0.05, 0.1) is 6.04 Å². The van der Waals surface area contributed by atoms with E-state index < -0.39 is 0 Å². The van der Waals surface area contributed by atoms with E-state index in [2.05, 4.69) is 4.90 Å². The minimum atomic E-state index is -0.257. The van der Waals surface area contributed by atoms with Crippen molar-refractivity contribution >= 4 is 0 Å². The molecule has 1 heterocycles. The van der Waals surface area contributed by atoms with Crippen LogP contribution in [0.4, 0.5) is 8.78 Å². The van der Waals surface area contributed by atoms with E-state index in [0.717, 1.165) is 24.2 Å². The number of nitrogens with zero attached hydrogens (tertiary/aromatic N) is 1. The Bertz CT molecular complexity index is 529. The van der Waals surface area contributed by atoms with Crippen LogP contribution in [-0.2, 0) is 0 Å². The first-order valence-electron chi connectivity index (χ1n) is 6.64. The van der Waals surface area contributed by atoms with Gasteiger partial charge in [0, 0.05) is 19.1 Å². The molecule has 2 aromatic rings. The fourth-order valence-electron chi connectivity index (χ4n) is 2.66. The summed E-state index contributed by atoms with van der Waals surface area (Å²) in [6.45, 7) is 1.58. The molecular formula is C16H16F2N2. The number of rotatable bonds is 3. The monoisotopic (exact) mass is 274 g/mol. The highest BCUT2D eigenvalue weighted by atomic mass is 19.1. The number of likely N-dealkylation sites (tertiary alicyclic amines) is 1. The minimum absolute atomic E-state index is 0.00370. The van der Waals surface area contributed by atoms with E-state index in [-0.39, 0.29) is 23.7 Å². The standard InChI is InChI=1S/C16H16F2N2/c17-13-5-1-11(2-6-13)16(20-9-15(19)10-20)12-3-7-14(18)8-4-12/h1-8,15-16H,9-10,19H2. The lowest BCUT2D eigenvalue weighted by atomic mass is 9.93. The molecule has 0 radical (unpaired) electrons. The molecule has 20 heavy (non-hydrogen) atoms. The molecule has 1 saturated heterocycles. The molecule has 2 nitrogen and oxygen atoms in total. The summed E-state index contributed by atoms with van der Waals surface area (Å²) in [7, 11) is 0. The zero-order valence-electron chi connectivity index (χ0n) is 11.0. The molecular weight excluding hydrogens is 258 g/mol. The average molecular weight is 274 g/mol. The quantitative estimate of drug-likeness (QED) is 0.932. The first kappa shape index (κ1) is 13.2. The van der Waals surface area contributed by atoms with Gasteiger partial charge in [-0.15, -0.1) is 0 Å². The number of hydrogen-bond acceptors (Lipinski definition) is 2. The lowest BCUT2D eigenvalue weighted by Gasteiger charge is -2.43. The van der Waals surface area contributed by atoms with E-state index >= 15 is 0 Å². The van der Waals surface area contributed by atoms with E-state index in [9.17, 15) is 8.78 Å². The van der Waals surface area contributed by atoms with Crippen LogP contribution < -0.4 is 5.73 Å². The van der Waals surface area contributed by atoms with Gasteiger partial charge in [0.1, 0.15) is 11.6 Å². The summed E-state index contributed by atoms with van der Waals surface area (Å²) in [4.78, 5) is 2.21. The van der Waals surface area contributed by atoms with Crippen molar-refractivity contribution in [2.75, 3.05) is 13.1 Å². The van der Waals surface area contributed by atoms with Crippen LogP contribution in [0.5, 0.6) is 0 Å². The number of nitrogens with two attached hydrogens (primary N) is 1. The summed E-state index contributed by atoms with van der Waals surface area (Å²) in [6.07, 6.45) is 0. The second kappa shape index (κ2) is 5.31. The predicted octanol–water partition coefficient (Wildman–Crippen LogP) is 2.70. The van der Waals surface area contributed by atoms with E-state index in [1.54, 1.807) is 24.3 Å². The molecule has 0 atom stereocenters. The first-order chi connectivity index (χ1) is 9.63. The predicted molar refractivity (Wildman–Crippen MR) is 74.2 cm³/mol. The van der Waals surface area contributed by atoms with Gasteiger partial charge in [0.15, 0.2) is 0 Å². The molecule has 0 unspecified atom stereocenters. The van der Waals surface area contributed by atoms with E-state index in [4.69, 9.17) is 5.73 Å². The second-order valence-electron chi connectivity index (χ2n) is 5.22. The Labute approximate surface area is 116 Å². The summed E-state index contributed by atoms with van der Waals surface area (Å²) in [6, 6.07) is 13.1. The maximum Gasteiger partial charge on any atom is 0.123 e. The van der Waals surface area contributed by atoms with Gasteiger partial charge in [-0.25, -0.2) is 8.78 Å². The molecule has 2 N–H and O–H groups in total. The molecule has 0 spiro atoms. The van der Waals surface area contributed by atoms with Crippen molar-refractivity contribution in [2.24, 2.45) is 5.73 Å². The molecule has 0 amide bonds. The highest BCUT2D eigenvalue weighted by Crippen LogP contribution is 2.32. The molecule has 4 heteroatoms. The van der Waals surface area contributed by atoms with Gasteiger partial charge >= 0.3 is 0 Å². The molecule has 3 rings (SSSR count). The van der Waals surface area contributed by atoms with E-state index in [1.807, 2.05) is 0 Å². The molecule has 1 aliphatic heterocycles. The smallest absolute Gasteiger partial charge is 0.123 e. The Morgan fingerprint density at radius 1 is 0.850 bits per heavy atom. The topological polar surface area (TPSA) is 29.3 Å². The maximum atomic E-state index is 13.1. The third-order valence-corrected chi connectivity index (χ3v) is 3.67. The van der Waals surface area contributed by atoms with Crippen molar-refractivity contribution in [3.8, 4) is 0 Å². The summed E-state index contributed by atoms with van der Waals surface area (Å²) >= 11 is 0. The molecule has 2 aromatic carbocycles. The molecule has 104 valence electrons. The summed E-state index contributed by atoms with van der Waals surface area (Å²) in [5.74, 6) is -0.515. The van der Waals surface area contributed by atoms with Crippen LogP contribution in [0, 0.1) is 11.6 Å². The van der Waals surface area contributed by atoms with Crippen LogP contribution in [0.3, 0.4) is 0 Å². The molecule has 0 saturated carbocycles. The van der Waals surface area contributed by atoms with Crippen LogP contribution >= 0.6 is 0 Å². The summed E-state index contributed by atoms with van der Waals surface area (Å²) in [5, 5.41) is 0. The van der Waals surface area contributed by atoms with Gasteiger partial charge in [-0.1, -0.05) is 24.3 Å². The lowest BCUT2D eigenvalue weighted by Crippen LogP contribution is -2.56. The number of benzene rings is 2. The third-order valence-electron chi connectivity index (χ3n) is 3.67. The van der Waals surface area contributed by atoms with Crippen molar-refractivity contribution in [2.45, 2.75) is 12.1 Å². The molecule has 1 aliphatic rings. The zero-order chi connectivity index (χ0) is 14.1. The maximum absolute atomic E-state index is 13.1. The normalized spacial score (nSPS) is 16.4. The Morgan fingerprint density at radius 3 is 1.60 bits per heavy atom. The highest BCUT2D eigenvalue weighted by molar-refractivity contribution is 5.33. The van der Waals surface area contributed by atoms with Crippen LogP contribution in [0.15, 0.2) is 48.5 Å². The Hall–Kier alpha value is -1.78. The number of halogens is 2. The summed E-state index contributed by atoms with van der Waals surface area (Å²) in [5.41, 5.74) is 7.83. The van der Waals surface area contributed by atoms with Gasteiger partial charge in [-0.05, 0) is 35.4 Å². The third kappa shape index (κ3) is 2.57. The van der Waals surface area contributed by atoms with Crippen LogP contribution in [0.2, 0.25) is 0 Å². The SMILES string of the molecule is NC1CN(C(c2ccc(F)cc2)c2ccc(F)cc2)C1. The fraction of sp³-hybridized carbons (Fsp3) is 0.250. The van der Waals surface area contributed by atoms with Crippen molar-refractivity contribution in [1.29, 1.82) is 0 Å². The van der Waals surface area contributed by atoms with Crippen molar-refractivity contribution in [1.82, 2.24) is 4.90 Å². The van der Waals surface area contributed by atoms with Gasteiger partial charge in [-0.2, -0.15) is 0 Å². The van der Waals surface area contributed by atoms with Crippen LogP contribution in [0.25, 0.3) is 0 Å². The first-order valence-corrected chi connectivity index (χ1v) is 6.64. The molecule has 0 aliphatic carbocycles. The highest BCUT2D eigenvalue weighted by Gasteiger charge is 2.31. The minimum Gasteiger partial charge on any atom is -0.325 e. The van der Waals surface area contributed by atoms with Gasteiger partial charge in [0.2, 0.25) is 0 Å². The van der Waals surface area contributed by atoms with Crippen molar-refractivity contribution in [3.05, 3.63) is 71.3 Å². The fourth-order valence-corrected chi connectivity index (χ4v) is 2.66. The average Bonchev–Trinajstić information content (AvgIpc) is 2.41. The Balaban J connectivity index is 1.95. The van der Waals surface area contributed by atoms with E-state index in [0.29, 0.717) is 0 Å². The zero-order valence-corrected chi connectivity index (χ0v) is 11.0. The van der Waals surface area contributed by atoms with Gasteiger partial charge in [-0.3, -0.25) is 4.90 Å². The van der Waals surface area contributed by atoms with Crippen molar-refractivity contribution in [3.63, 3.8) is 0 Å². The molecule has 0 bridgehead atoms. The van der Waals surface area contributed by atoms with Crippen LogP contribution in [0.1, 0.15) is 17.2 Å².